The molecule has 0 aliphatic carbocycles. The minimum absolute atomic E-state index is 0.00998. The van der Waals surface area contributed by atoms with E-state index in [1.54, 1.807) is 6.20 Å². The number of carbonyl (C=O) groups is 1. The van der Waals surface area contributed by atoms with Crippen molar-refractivity contribution < 1.29 is 4.79 Å². The first kappa shape index (κ1) is 9.40. The van der Waals surface area contributed by atoms with Crippen LogP contribution in [0.5, 0.6) is 0 Å². The van der Waals surface area contributed by atoms with E-state index < -0.39 is 0 Å². The van der Waals surface area contributed by atoms with E-state index >= 15 is 0 Å². The fourth-order valence-corrected chi connectivity index (χ4v) is 1.66. The van der Waals surface area contributed by atoms with Gasteiger partial charge in [0.25, 0.3) is 0 Å². The Balaban J connectivity index is 2.77. The lowest BCUT2D eigenvalue weighted by Crippen LogP contribution is -1.91. The Morgan fingerprint density at radius 1 is 1.50 bits per heavy atom. The first-order valence-electron chi connectivity index (χ1n) is 4.25. The fraction of sp³-hybridized carbons (Fsp3) is 0.200. The molecular formula is C10H9BrN2O. The number of hydrogen-bond donors (Lipinski definition) is 0. The molecule has 0 saturated carbocycles. The largest absolute Gasteiger partial charge is 0.302 e. The van der Waals surface area contributed by atoms with E-state index in [1.807, 2.05) is 23.5 Å². The van der Waals surface area contributed by atoms with Gasteiger partial charge in [-0.05, 0) is 35.0 Å². The second-order valence-corrected chi connectivity index (χ2v) is 4.03. The first-order valence-corrected chi connectivity index (χ1v) is 5.04. The SMILES string of the molecule is CC(=O)c1cn2c(C)c(Br)ccc2n1. The maximum absolute atomic E-state index is 11.1. The van der Waals surface area contributed by atoms with E-state index in [1.165, 1.54) is 6.92 Å². The highest BCUT2D eigenvalue weighted by Crippen LogP contribution is 2.18. The summed E-state index contributed by atoms with van der Waals surface area (Å²) >= 11 is 3.43. The molecular weight excluding hydrogens is 244 g/mol. The van der Waals surface area contributed by atoms with Crippen LogP contribution in [0.2, 0.25) is 0 Å². The van der Waals surface area contributed by atoms with Crippen LogP contribution in [0.15, 0.2) is 22.8 Å². The highest BCUT2D eigenvalue weighted by atomic mass is 79.9. The van der Waals surface area contributed by atoms with Gasteiger partial charge in [0.1, 0.15) is 11.3 Å². The number of aryl methyl sites for hydroxylation is 1. The summed E-state index contributed by atoms with van der Waals surface area (Å²) in [7, 11) is 0. The van der Waals surface area contributed by atoms with Crippen LogP contribution in [0.25, 0.3) is 5.65 Å². The molecule has 3 nitrogen and oxygen atoms in total. The highest BCUT2D eigenvalue weighted by Gasteiger charge is 2.08. The van der Waals surface area contributed by atoms with Crippen molar-refractivity contribution in [2.45, 2.75) is 13.8 Å². The Kier molecular flexibility index (Phi) is 2.15. The molecule has 0 fully saturated rings. The van der Waals surface area contributed by atoms with Crippen LogP contribution in [0.1, 0.15) is 23.1 Å². The van der Waals surface area contributed by atoms with Gasteiger partial charge in [0.15, 0.2) is 5.78 Å². The zero-order valence-corrected chi connectivity index (χ0v) is 9.50. The van der Waals surface area contributed by atoms with Crippen molar-refractivity contribution in [2.75, 3.05) is 0 Å². The number of Topliss-reactive ketones (excluding diaryl/α,β-unsaturated/α-hetero) is 1. The molecule has 2 heterocycles. The van der Waals surface area contributed by atoms with E-state index in [4.69, 9.17) is 0 Å². The molecule has 4 heteroatoms. The van der Waals surface area contributed by atoms with Gasteiger partial charge in [-0.1, -0.05) is 0 Å². The maximum Gasteiger partial charge on any atom is 0.179 e. The minimum atomic E-state index is -0.00998. The van der Waals surface area contributed by atoms with Crippen LogP contribution in [-0.4, -0.2) is 15.2 Å². The maximum atomic E-state index is 11.1. The second-order valence-electron chi connectivity index (χ2n) is 3.18. The molecule has 0 saturated heterocycles. The van der Waals surface area contributed by atoms with Gasteiger partial charge in [0.05, 0.1) is 0 Å². The van der Waals surface area contributed by atoms with Crippen molar-refractivity contribution in [1.29, 1.82) is 0 Å². The van der Waals surface area contributed by atoms with Gasteiger partial charge < -0.3 is 4.40 Å². The lowest BCUT2D eigenvalue weighted by molar-refractivity contribution is 0.101. The summed E-state index contributed by atoms with van der Waals surface area (Å²) in [5.41, 5.74) is 2.35. The van der Waals surface area contributed by atoms with Crippen LogP contribution < -0.4 is 0 Å². The number of hydrogen-bond acceptors (Lipinski definition) is 2. The predicted octanol–water partition coefficient (Wildman–Crippen LogP) is 2.61. The number of carbonyl (C=O) groups excluding carboxylic acids is 1. The monoisotopic (exact) mass is 252 g/mol. The molecule has 0 bridgehead atoms. The smallest absolute Gasteiger partial charge is 0.179 e. The molecule has 2 rings (SSSR count). The molecule has 2 aromatic rings. The summed E-state index contributed by atoms with van der Waals surface area (Å²) in [6.45, 7) is 3.49. The molecule has 72 valence electrons. The molecule has 2 aromatic heterocycles. The van der Waals surface area contributed by atoms with E-state index in [0.29, 0.717) is 5.69 Å². The molecule has 0 aliphatic rings. The Morgan fingerprint density at radius 3 is 2.86 bits per heavy atom. The average Bonchev–Trinajstić information content (AvgIpc) is 2.56. The van der Waals surface area contributed by atoms with Crippen LogP contribution in [0.3, 0.4) is 0 Å². The van der Waals surface area contributed by atoms with Crippen LogP contribution in [0.4, 0.5) is 0 Å². The fourth-order valence-electron chi connectivity index (χ4n) is 1.33. The third-order valence-electron chi connectivity index (χ3n) is 2.18. The normalized spacial score (nSPS) is 10.8. The quantitative estimate of drug-likeness (QED) is 0.732. The highest BCUT2D eigenvalue weighted by molar-refractivity contribution is 9.10. The molecule has 0 amide bonds. The van der Waals surface area contributed by atoms with Crippen LogP contribution >= 0.6 is 15.9 Å². The van der Waals surface area contributed by atoms with Gasteiger partial charge >= 0.3 is 0 Å². The lowest BCUT2D eigenvalue weighted by atomic mass is 10.3. The van der Waals surface area contributed by atoms with Gasteiger partial charge in [-0.15, -0.1) is 0 Å². The number of fused-ring (bicyclic) bond motifs is 1. The van der Waals surface area contributed by atoms with E-state index in [-0.39, 0.29) is 5.78 Å². The molecule has 14 heavy (non-hydrogen) atoms. The van der Waals surface area contributed by atoms with Gasteiger partial charge in [-0.2, -0.15) is 0 Å². The summed E-state index contributed by atoms with van der Waals surface area (Å²) in [5.74, 6) is -0.00998. The lowest BCUT2D eigenvalue weighted by Gasteiger charge is -2.00. The number of aromatic nitrogens is 2. The summed E-state index contributed by atoms with van der Waals surface area (Å²) in [5, 5.41) is 0. The standard InChI is InChI=1S/C10H9BrN2O/c1-6-8(11)3-4-10-12-9(7(2)14)5-13(6)10/h3-5H,1-2H3. The summed E-state index contributed by atoms with van der Waals surface area (Å²) in [6.07, 6.45) is 1.76. The third-order valence-corrected chi connectivity index (χ3v) is 3.02. The molecule has 0 radical (unpaired) electrons. The van der Waals surface area contributed by atoms with Crippen molar-refractivity contribution in [1.82, 2.24) is 9.38 Å². The van der Waals surface area contributed by atoms with Gasteiger partial charge in [-0.25, -0.2) is 4.98 Å². The van der Waals surface area contributed by atoms with Gasteiger partial charge in [0.2, 0.25) is 0 Å². The predicted molar refractivity (Wildman–Crippen MR) is 57.6 cm³/mol. The van der Waals surface area contributed by atoms with Crippen molar-refractivity contribution in [3.05, 3.63) is 34.2 Å². The van der Waals surface area contributed by atoms with E-state index in [9.17, 15) is 4.79 Å². The van der Waals surface area contributed by atoms with Crippen LogP contribution in [0, 0.1) is 6.92 Å². The average molecular weight is 253 g/mol. The van der Waals surface area contributed by atoms with E-state index in [2.05, 4.69) is 20.9 Å². The zero-order valence-electron chi connectivity index (χ0n) is 7.91. The Morgan fingerprint density at radius 2 is 2.21 bits per heavy atom. The number of halogens is 1. The summed E-state index contributed by atoms with van der Waals surface area (Å²) in [6, 6.07) is 3.81. The molecule has 0 aromatic carbocycles. The minimum Gasteiger partial charge on any atom is -0.302 e. The number of imidazole rings is 1. The van der Waals surface area contributed by atoms with Crippen molar-refractivity contribution in [3.8, 4) is 0 Å². The summed E-state index contributed by atoms with van der Waals surface area (Å²) < 4.78 is 2.92. The number of pyridine rings is 1. The molecule has 0 aliphatic heterocycles. The van der Waals surface area contributed by atoms with Crippen molar-refractivity contribution in [2.24, 2.45) is 0 Å². The van der Waals surface area contributed by atoms with E-state index in [0.717, 1.165) is 15.8 Å². The number of rotatable bonds is 1. The number of ketones is 1. The molecule has 0 atom stereocenters. The van der Waals surface area contributed by atoms with Gasteiger partial charge in [-0.3, -0.25) is 4.79 Å². The van der Waals surface area contributed by atoms with Crippen LogP contribution in [-0.2, 0) is 0 Å². The Bertz CT molecular complexity index is 516. The van der Waals surface area contributed by atoms with Crippen molar-refractivity contribution in [3.63, 3.8) is 0 Å². The summed E-state index contributed by atoms with van der Waals surface area (Å²) in [4.78, 5) is 15.3. The number of nitrogens with zero attached hydrogens (tertiary/aromatic N) is 2. The first-order chi connectivity index (χ1) is 6.59. The molecule has 0 N–H and O–H groups in total. The second kappa shape index (κ2) is 3.20. The Hall–Kier alpha value is -1.16. The van der Waals surface area contributed by atoms with Crippen molar-refractivity contribution >= 4 is 27.4 Å². The molecule has 0 spiro atoms. The Labute approximate surface area is 89.9 Å². The third kappa shape index (κ3) is 1.35. The topological polar surface area (TPSA) is 34.4 Å². The zero-order chi connectivity index (χ0) is 10.3. The van der Waals surface area contributed by atoms with Gasteiger partial charge in [0, 0.05) is 23.3 Å². The molecule has 0 unspecified atom stereocenters.